The van der Waals surface area contributed by atoms with Gasteiger partial charge in [0.15, 0.2) is 0 Å². The van der Waals surface area contributed by atoms with Crippen molar-refractivity contribution >= 4 is 21.8 Å². The van der Waals surface area contributed by atoms with Gasteiger partial charge in [0, 0.05) is 24.6 Å². The van der Waals surface area contributed by atoms with Crippen molar-refractivity contribution in [3.63, 3.8) is 0 Å². The summed E-state index contributed by atoms with van der Waals surface area (Å²) in [5.41, 5.74) is 2.33. The van der Waals surface area contributed by atoms with Crippen molar-refractivity contribution in [2.45, 2.75) is 6.61 Å². The lowest BCUT2D eigenvalue weighted by Crippen LogP contribution is -2.09. The molecule has 0 aliphatic heterocycles. The first-order valence-electron chi connectivity index (χ1n) is 8.06. The van der Waals surface area contributed by atoms with E-state index in [-0.39, 0.29) is 11.2 Å². The number of nitrogens with zero attached hydrogens (tertiary/aromatic N) is 1. The van der Waals surface area contributed by atoms with E-state index in [9.17, 15) is 9.90 Å². The van der Waals surface area contributed by atoms with Gasteiger partial charge in [0.05, 0.1) is 16.4 Å². The molecular formula is C21H17NO3. The maximum absolute atomic E-state index is 12.7. The van der Waals surface area contributed by atoms with Crippen LogP contribution in [0.3, 0.4) is 0 Å². The molecule has 0 bridgehead atoms. The van der Waals surface area contributed by atoms with Crippen molar-refractivity contribution in [1.82, 2.24) is 4.57 Å². The van der Waals surface area contributed by atoms with Crippen molar-refractivity contribution < 1.29 is 9.84 Å². The molecule has 0 saturated carbocycles. The van der Waals surface area contributed by atoms with Crippen molar-refractivity contribution in [2.75, 3.05) is 0 Å². The molecule has 0 fully saturated rings. The molecule has 124 valence electrons. The molecular weight excluding hydrogens is 314 g/mol. The fourth-order valence-corrected chi connectivity index (χ4v) is 3.13. The van der Waals surface area contributed by atoms with Gasteiger partial charge in [0.1, 0.15) is 18.1 Å². The number of aromatic nitrogens is 1. The Morgan fingerprint density at radius 2 is 1.68 bits per heavy atom. The van der Waals surface area contributed by atoms with Crippen molar-refractivity contribution in [3.8, 4) is 11.5 Å². The average molecular weight is 331 g/mol. The second kappa shape index (κ2) is 5.98. The summed E-state index contributed by atoms with van der Waals surface area (Å²) in [5, 5.41) is 11.3. The van der Waals surface area contributed by atoms with Crippen molar-refractivity contribution in [3.05, 3.63) is 82.5 Å². The number of fused-ring (bicyclic) bond motifs is 2. The van der Waals surface area contributed by atoms with Gasteiger partial charge in [-0.15, -0.1) is 0 Å². The Hall–Kier alpha value is -3.27. The molecule has 25 heavy (non-hydrogen) atoms. The normalized spacial score (nSPS) is 11.1. The fraction of sp³-hybridized carbons (Fsp3) is 0.0952. The number of rotatable bonds is 3. The number of phenols is 1. The van der Waals surface area contributed by atoms with Crippen LogP contribution in [0.1, 0.15) is 5.56 Å². The van der Waals surface area contributed by atoms with Gasteiger partial charge in [-0.2, -0.15) is 0 Å². The summed E-state index contributed by atoms with van der Waals surface area (Å²) in [6.07, 6.45) is 0. The predicted molar refractivity (Wildman–Crippen MR) is 99.1 cm³/mol. The highest BCUT2D eigenvalue weighted by molar-refractivity contribution is 5.97. The first-order chi connectivity index (χ1) is 12.1. The van der Waals surface area contributed by atoms with E-state index in [4.69, 9.17) is 4.74 Å². The number of ether oxygens (including phenoxy) is 1. The standard InChI is InChI=1S/C21H17NO3/c1-22-17-10-6-5-9-16(17)21(24)20-18(22)11-15(12-19(20)23)25-13-14-7-3-2-4-8-14/h2-12,23H,13H2,1H3. The van der Waals surface area contributed by atoms with Crippen molar-refractivity contribution in [1.29, 1.82) is 0 Å². The number of hydrogen-bond acceptors (Lipinski definition) is 3. The van der Waals surface area contributed by atoms with Crippen LogP contribution >= 0.6 is 0 Å². The zero-order valence-corrected chi connectivity index (χ0v) is 13.8. The summed E-state index contributed by atoms with van der Waals surface area (Å²) in [5.74, 6) is 0.464. The van der Waals surface area contributed by atoms with Gasteiger partial charge >= 0.3 is 0 Å². The second-order valence-corrected chi connectivity index (χ2v) is 6.02. The van der Waals surface area contributed by atoms with E-state index in [0.717, 1.165) is 11.1 Å². The minimum Gasteiger partial charge on any atom is -0.507 e. The van der Waals surface area contributed by atoms with E-state index in [2.05, 4.69) is 0 Å². The van der Waals surface area contributed by atoms with Gasteiger partial charge in [0.2, 0.25) is 5.43 Å². The van der Waals surface area contributed by atoms with Gasteiger partial charge in [-0.05, 0) is 17.7 Å². The number of para-hydroxylation sites is 1. The molecule has 0 radical (unpaired) electrons. The van der Waals surface area contributed by atoms with E-state index in [1.165, 1.54) is 6.07 Å². The number of pyridine rings is 1. The highest BCUT2D eigenvalue weighted by Crippen LogP contribution is 2.30. The van der Waals surface area contributed by atoms with Gasteiger partial charge in [-0.1, -0.05) is 42.5 Å². The number of aromatic hydroxyl groups is 1. The maximum atomic E-state index is 12.7. The minimum absolute atomic E-state index is 0.0630. The molecule has 4 rings (SSSR count). The van der Waals surface area contributed by atoms with Crippen LogP contribution in [0.15, 0.2) is 71.5 Å². The maximum Gasteiger partial charge on any atom is 0.200 e. The van der Waals surface area contributed by atoms with Crippen LogP contribution in [0.5, 0.6) is 11.5 Å². The molecule has 0 spiro atoms. The van der Waals surface area contributed by atoms with Gasteiger partial charge in [-0.3, -0.25) is 4.79 Å². The predicted octanol–water partition coefficient (Wildman–Crippen LogP) is 3.98. The molecule has 4 nitrogen and oxygen atoms in total. The first kappa shape index (κ1) is 15.3. The molecule has 4 aromatic rings. The van der Waals surface area contributed by atoms with E-state index >= 15 is 0 Å². The van der Waals surface area contributed by atoms with Crippen LogP contribution in [-0.4, -0.2) is 9.67 Å². The number of benzene rings is 3. The third-order valence-electron chi connectivity index (χ3n) is 4.42. The summed E-state index contributed by atoms with van der Waals surface area (Å²) in [4.78, 5) is 12.7. The van der Waals surface area contributed by atoms with E-state index < -0.39 is 0 Å². The molecule has 0 aliphatic carbocycles. The Balaban J connectivity index is 1.85. The quantitative estimate of drug-likeness (QED) is 0.578. The van der Waals surface area contributed by atoms with Gasteiger partial charge in [-0.25, -0.2) is 0 Å². The Morgan fingerprint density at radius 1 is 0.960 bits per heavy atom. The molecule has 0 saturated heterocycles. The van der Waals surface area contributed by atoms with Crippen LogP contribution in [0.4, 0.5) is 0 Å². The third-order valence-corrected chi connectivity index (χ3v) is 4.42. The number of phenolic OH excluding ortho intramolecular Hbond substituents is 1. The molecule has 4 heteroatoms. The summed E-state index contributed by atoms with van der Waals surface area (Å²) >= 11 is 0. The smallest absolute Gasteiger partial charge is 0.200 e. The largest absolute Gasteiger partial charge is 0.507 e. The number of hydrogen-bond donors (Lipinski definition) is 1. The molecule has 0 aliphatic rings. The Bertz CT molecular complexity index is 1130. The van der Waals surface area contributed by atoms with Gasteiger partial charge in [0.25, 0.3) is 0 Å². The van der Waals surface area contributed by atoms with Crippen LogP contribution in [-0.2, 0) is 13.7 Å². The van der Waals surface area contributed by atoms with Crippen molar-refractivity contribution in [2.24, 2.45) is 7.05 Å². The average Bonchev–Trinajstić information content (AvgIpc) is 2.65. The van der Waals surface area contributed by atoms with Crippen LogP contribution < -0.4 is 10.2 Å². The van der Waals surface area contributed by atoms with Crippen LogP contribution in [0.25, 0.3) is 21.8 Å². The van der Waals surface area contributed by atoms with E-state index in [1.54, 1.807) is 12.1 Å². The Morgan fingerprint density at radius 3 is 2.48 bits per heavy atom. The molecule has 0 atom stereocenters. The lowest BCUT2D eigenvalue weighted by Gasteiger charge is -2.13. The van der Waals surface area contributed by atoms with E-state index in [0.29, 0.717) is 28.6 Å². The van der Waals surface area contributed by atoms with Gasteiger partial charge < -0.3 is 14.4 Å². The highest BCUT2D eigenvalue weighted by atomic mass is 16.5. The summed E-state index contributed by atoms with van der Waals surface area (Å²) in [6.45, 7) is 0.396. The van der Waals surface area contributed by atoms with Crippen LogP contribution in [0, 0.1) is 0 Å². The molecule has 1 N–H and O–H groups in total. The lowest BCUT2D eigenvalue weighted by atomic mass is 10.1. The lowest BCUT2D eigenvalue weighted by molar-refractivity contribution is 0.305. The Kier molecular flexibility index (Phi) is 3.65. The SMILES string of the molecule is Cn1c2ccccc2c(=O)c2c(O)cc(OCc3ccccc3)cc21. The summed E-state index contributed by atoms with van der Waals surface area (Å²) in [6, 6.07) is 20.5. The molecule has 0 amide bonds. The third kappa shape index (κ3) is 2.62. The minimum atomic E-state index is -0.171. The Labute approximate surface area is 144 Å². The van der Waals surface area contributed by atoms with Crippen LogP contribution in [0.2, 0.25) is 0 Å². The molecule has 3 aromatic carbocycles. The topological polar surface area (TPSA) is 51.5 Å². The summed E-state index contributed by atoms with van der Waals surface area (Å²) < 4.78 is 7.72. The number of aryl methyl sites for hydroxylation is 1. The fourth-order valence-electron chi connectivity index (χ4n) is 3.13. The zero-order chi connectivity index (χ0) is 17.4. The summed E-state index contributed by atoms with van der Waals surface area (Å²) in [7, 11) is 1.88. The van der Waals surface area contributed by atoms with E-state index in [1.807, 2.05) is 60.1 Å². The second-order valence-electron chi connectivity index (χ2n) is 6.02. The molecule has 0 unspecified atom stereocenters. The first-order valence-corrected chi connectivity index (χ1v) is 8.06. The monoisotopic (exact) mass is 331 g/mol. The molecule has 1 heterocycles. The zero-order valence-electron chi connectivity index (χ0n) is 13.8. The highest BCUT2D eigenvalue weighted by Gasteiger charge is 2.14. The molecule has 1 aromatic heterocycles.